The van der Waals surface area contributed by atoms with Crippen LogP contribution in [-0.2, 0) is 9.59 Å². The van der Waals surface area contributed by atoms with E-state index in [0.29, 0.717) is 25.4 Å². The van der Waals surface area contributed by atoms with Crippen molar-refractivity contribution in [2.45, 2.75) is 44.6 Å². The summed E-state index contributed by atoms with van der Waals surface area (Å²) in [6.07, 6.45) is 4.71. The highest BCUT2D eigenvalue weighted by Crippen LogP contribution is 2.32. The molecule has 2 aliphatic heterocycles. The number of amides is 4. The molecule has 3 atom stereocenters. The van der Waals surface area contributed by atoms with Crippen LogP contribution in [0.15, 0.2) is 0 Å². The largest absolute Gasteiger partial charge is 0.339 e. The van der Waals surface area contributed by atoms with Crippen LogP contribution in [0.1, 0.15) is 39.0 Å². The fourth-order valence-electron chi connectivity index (χ4n) is 3.73. The number of likely N-dealkylation sites (tertiary alicyclic amines) is 1. The monoisotopic (exact) mass is 279 g/mol. The topological polar surface area (TPSA) is 78.5 Å². The van der Waals surface area contributed by atoms with Crippen LogP contribution < -0.4 is 10.6 Å². The molecule has 2 heterocycles. The van der Waals surface area contributed by atoms with Crippen molar-refractivity contribution in [2.75, 3.05) is 13.1 Å². The summed E-state index contributed by atoms with van der Waals surface area (Å²) >= 11 is 0. The summed E-state index contributed by atoms with van der Waals surface area (Å²) in [5, 5.41) is 4.95. The van der Waals surface area contributed by atoms with E-state index in [4.69, 9.17) is 0 Å². The predicted molar refractivity (Wildman–Crippen MR) is 71.7 cm³/mol. The molecule has 3 aliphatic rings. The van der Waals surface area contributed by atoms with Crippen molar-refractivity contribution >= 4 is 17.8 Å². The summed E-state index contributed by atoms with van der Waals surface area (Å²) in [7, 11) is 0. The summed E-state index contributed by atoms with van der Waals surface area (Å²) in [4.78, 5) is 37.5. The second-order valence-corrected chi connectivity index (χ2v) is 6.47. The molecule has 0 aromatic rings. The van der Waals surface area contributed by atoms with E-state index >= 15 is 0 Å². The molecule has 0 bridgehead atoms. The molecule has 3 unspecified atom stereocenters. The summed E-state index contributed by atoms with van der Waals surface area (Å²) < 4.78 is 0. The third-order valence-corrected chi connectivity index (χ3v) is 4.88. The summed E-state index contributed by atoms with van der Waals surface area (Å²) in [6, 6.07) is -0.449. The van der Waals surface area contributed by atoms with Crippen molar-refractivity contribution in [3.8, 4) is 0 Å². The number of rotatable bonds is 1. The fraction of sp³-hybridized carbons (Fsp3) is 0.786. The zero-order chi connectivity index (χ0) is 14.3. The second-order valence-electron chi connectivity index (χ2n) is 6.47. The van der Waals surface area contributed by atoms with E-state index in [9.17, 15) is 14.4 Å². The molecule has 4 amide bonds. The predicted octanol–water partition coefficient (Wildman–Crippen LogP) is 0.623. The molecule has 0 radical (unpaired) electrons. The number of hydrogen-bond donors (Lipinski definition) is 2. The van der Waals surface area contributed by atoms with Crippen LogP contribution in [0.5, 0.6) is 0 Å². The molecule has 20 heavy (non-hydrogen) atoms. The number of imide groups is 1. The Kier molecular flexibility index (Phi) is 3.18. The maximum atomic E-state index is 12.6. The lowest BCUT2D eigenvalue weighted by Gasteiger charge is -2.30. The molecule has 6 nitrogen and oxygen atoms in total. The van der Waals surface area contributed by atoms with Crippen LogP contribution in [0.3, 0.4) is 0 Å². The summed E-state index contributed by atoms with van der Waals surface area (Å²) in [5.74, 6) is 0.551. The van der Waals surface area contributed by atoms with Gasteiger partial charge in [-0.15, -0.1) is 0 Å². The van der Waals surface area contributed by atoms with Crippen molar-refractivity contribution in [2.24, 2.45) is 11.8 Å². The van der Waals surface area contributed by atoms with Crippen molar-refractivity contribution in [1.82, 2.24) is 15.5 Å². The standard InChI is InChI=1S/C14H21N3O3/c1-9-3-2-4-10(7-9)11(18)17-6-5-14(8-17)12(19)15-13(20)16-14/h9-10H,2-8H2,1H3,(H2,15,16,19,20). The van der Waals surface area contributed by atoms with Crippen LogP contribution in [0.2, 0.25) is 0 Å². The van der Waals surface area contributed by atoms with Crippen molar-refractivity contribution < 1.29 is 14.4 Å². The first kappa shape index (κ1) is 13.4. The Morgan fingerprint density at radius 3 is 2.80 bits per heavy atom. The molecule has 6 heteroatoms. The Bertz CT molecular complexity index is 465. The van der Waals surface area contributed by atoms with E-state index in [1.165, 1.54) is 6.42 Å². The highest BCUT2D eigenvalue weighted by Gasteiger charge is 2.52. The lowest BCUT2D eigenvalue weighted by molar-refractivity contribution is -0.136. The van der Waals surface area contributed by atoms with Gasteiger partial charge in [-0.25, -0.2) is 4.79 Å². The molecule has 1 saturated carbocycles. The number of carbonyl (C=O) groups excluding carboxylic acids is 3. The molecular formula is C14H21N3O3. The van der Waals surface area contributed by atoms with E-state index in [-0.39, 0.29) is 17.7 Å². The van der Waals surface area contributed by atoms with E-state index in [0.717, 1.165) is 19.3 Å². The Hall–Kier alpha value is -1.59. The average Bonchev–Trinajstić information content (AvgIpc) is 2.94. The van der Waals surface area contributed by atoms with Crippen LogP contribution >= 0.6 is 0 Å². The van der Waals surface area contributed by atoms with Gasteiger partial charge in [0, 0.05) is 12.5 Å². The molecule has 2 saturated heterocycles. The number of hydrogen-bond acceptors (Lipinski definition) is 3. The van der Waals surface area contributed by atoms with Gasteiger partial charge in [0.15, 0.2) is 0 Å². The zero-order valence-electron chi connectivity index (χ0n) is 11.8. The highest BCUT2D eigenvalue weighted by atomic mass is 16.2. The molecule has 0 aromatic carbocycles. The lowest BCUT2D eigenvalue weighted by atomic mass is 9.82. The third kappa shape index (κ3) is 2.17. The first-order chi connectivity index (χ1) is 9.50. The molecule has 110 valence electrons. The molecule has 3 fully saturated rings. The molecule has 1 aliphatic carbocycles. The maximum absolute atomic E-state index is 12.6. The number of urea groups is 1. The Balaban J connectivity index is 1.66. The number of carbonyl (C=O) groups is 3. The van der Waals surface area contributed by atoms with Gasteiger partial charge in [-0.3, -0.25) is 14.9 Å². The number of nitrogens with zero attached hydrogens (tertiary/aromatic N) is 1. The Labute approximate surface area is 118 Å². The molecule has 1 spiro atoms. The summed E-state index contributed by atoms with van der Waals surface area (Å²) in [6.45, 7) is 3.06. The number of nitrogens with one attached hydrogen (secondary N) is 2. The zero-order valence-corrected chi connectivity index (χ0v) is 11.8. The molecule has 0 aromatic heterocycles. The van der Waals surface area contributed by atoms with Crippen LogP contribution in [0.4, 0.5) is 4.79 Å². The van der Waals surface area contributed by atoms with Crippen LogP contribution in [-0.4, -0.2) is 41.4 Å². The van der Waals surface area contributed by atoms with Gasteiger partial charge in [0.1, 0.15) is 5.54 Å². The van der Waals surface area contributed by atoms with E-state index < -0.39 is 11.6 Å². The molecular weight excluding hydrogens is 258 g/mol. The van der Waals surface area contributed by atoms with E-state index in [1.807, 2.05) is 0 Å². The minimum atomic E-state index is -0.882. The average molecular weight is 279 g/mol. The maximum Gasteiger partial charge on any atom is 0.322 e. The fourth-order valence-corrected chi connectivity index (χ4v) is 3.73. The Morgan fingerprint density at radius 2 is 2.15 bits per heavy atom. The van der Waals surface area contributed by atoms with Gasteiger partial charge in [0.2, 0.25) is 5.91 Å². The van der Waals surface area contributed by atoms with Gasteiger partial charge in [0.05, 0.1) is 6.54 Å². The minimum Gasteiger partial charge on any atom is -0.339 e. The van der Waals surface area contributed by atoms with Gasteiger partial charge in [-0.2, -0.15) is 0 Å². The van der Waals surface area contributed by atoms with E-state index in [2.05, 4.69) is 17.6 Å². The van der Waals surface area contributed by atoms with Gasteiger partial charge >= 0.3 is 6.03 Å². The molecule has 2 N–H and O–H groups in total. The van der Waals surface area contributed by atoms with Crippen LogP contribution in [0, 0.1) is 11.8 Å². The van der Waals surface area contributed by atoms with Gasteiger partial charge in [-0.05, 0) is 25.2 Å². The quantitative estimate of drug-likeness (QED) is 0.691. The van der Waals surface area contributed by atoms with E-state index in [1.54, 1.807) is 4.90 Å². The smallest absolute Gasteiger partial charge is 0.322 e. The lowest BCUT2D eigenvalue weighted by Crippen LogP contribution is -2.50. The van der Waals surface area contributed by atoms with Gasteiger partial charge in [-0.1, -0.05) is 19.8 Å². The normalized spacial score (nSPS) is 37.1. The SMILES string of the molecule is CC1CCCC(C(=O)N2CCC3(C2)NC(=O)NC3=O)C1. The molecule has 3 rings (SSSR count). The second kappa shape index (κ2) is 4.75. The van der Waals surface area contributed by atoms with Gasteiger partial charge in [0.25, 0.3) is 5.91 Å². The highest BCUT2D eigenvalue weighted by molar-refractivity contribution is 6.07. The van der Waals surface area contributed by atoms with Crippen molar-refractivity contribution in [1.29, 1.82) is 0 Å². The van der Waals surface area contributed by atoms with Crippen molar-refractivity contribution in [3.63, 3.8) is 0 Å². The first-order valence-electron chi connectivity index (χ1n) is 7.42. The summed E-state index contributed by atoms with van der Waals surface area (Å²) in [5.41, 5.74) is -0.882. The van der Waals surface area contributed by atoms with Crippen molar-refractivity contribution in [3.05, 3.63) is 0 Å². The van der Waals surface area contributed by atoms with Crippen LogP contribution in [0.25, 0.3) is 0 Å². The third-order valence-electron chi connectivity index (χ3n) is 4.88. The minimum absolute atomic E-state index is 0.0917. The first-order valence-corrected chi connectivity index (χ1v) is 7.42. The Morgan fingerprint density at radius 1 is 1.35 bits per heavy atom. The van der Waals surface area contributed by atoms with Gasteiger partial charge < -0.3 is 10.2 Å².